The molecule has 0 aliphatic carbocycles. The fourth-order valence-electron chi connectivity index (χ4n) is 3.82. The fraction of sp³-hybridized carbons (Fsp3) is 1.00. The summed E-state index contributed by atoms with van der Waals surface area (Å²) in [5.74, 6) is 0. The summed E-state index contributed by atoms with van der Waals surface area (Å²) >= 11 is -1.94. The molecule has 0 N–H and O–H groups in total. The molecular weight excluding hydrogens is 335 g/mol. The van der Waals surface area contributed by atoms with Crippen LogP contribution in [0.1, 0.15) is 92.9 Å². The van der Waals surface area contributed by atoms with Gasteiger partial charge in [-0.15, -0.1) is 0 Å². The van der Waals surface area contributed by atoms with Gasteiger partial charge in [-0.1, -0.05) is 0 Å². The zero-order valence-corrected chi connectivity index (χ0v) is 17.6. The number of rotatable bonds is 12. The molecule has 0 rings (SSSR count). The predicted molar refractivity (Wildman–Crippen MR) is 93.8 cm³/mol. The van der Waals surface area contributed by atoms with Gasteiger partial charge in [0.05, 0.1) is 0 Å². The number of unbranched alkanes of at least 4 members (excludes halogenated alkanes) is 4. The second-order valence-electron chi connectivity index (χ2n) is 6.77. The third-order valence-electron chi connectivity index (χ3n) is 5.68. The normalized spacial score (nSPS) is 15.5. The first-order valence-corrected chi connectivity index (χ1v) is 16.4. The number of hydrogen-bond donors (Lipinski definition) is 0. The van der Waals surface area contributed by atoms with Crippen molar-refractivity contribution < 1.29 is 0 Å². The van der Waals surface area contributed by atoms with Crippen molar-refractivity contribution in [1.29, 1.82) is 0 Å². The first-order chi connectivity index (χ1) is 9.08. The molecule has 0 bridgehead atoms. The van der Waals surface area contributed by atoms with E-state index in [1.54, 1.807) is 8.87 Å². The van der Waals surface area contributed by atoms with E-state index in [0.717, 1.165) is 7.87 Å². The average Bonchev–Trinajstić information content (AvgIpc) is 2.44. The quantitative estimate of drug-likeness (QED) is 0.246. The van der Waals surface area contributed by atoms with E-state index in [0.29, 0.717) is 0 Å². The third kappa shape index (κ3) is 6.40. The second kappa shape index (κ2) is 11.5. The second-order valence-corrected chi connectivity index (χ2v) is 22.3. The summed E-state index contributed by atoms with van der Waals surface area (Å²) < 4.78 is 5.54. The summed E-state index contributed by atoms with van der Waals surface area (Å²) in [6.45, 7) is 14.8. The maximum absolute atomic E-state index is 2.61. The van der Waals surface area contributed by atoms with Crippen molar-refractivity contribution in [3.05, 3.63) is 0 Å². The summed E-state index contributed by atoms with van der Waals surface area (Å²) in [4.78, 5) is 0. The molecule has 0 amide bonds. The van der Waals surface area contributed by atoms with Crippen LogP contribution in [0.3, 0.4) is 0 Å². The Morgan fingerprint density at radius 2 is 1.00 bits per heavy atom. The van der Waals surface area contributed by atoms with E-state index in [1.807, 2.05) is 0 Å². The van der Waals surface area contributed by atoms with Crippen LogP contribution in [0.25, 0.3) is 0 Å². The van der Waals surface area contributed by atoms with Crippen molar-refractivity contribution in [2.75, 3.05) is 0 Å². The van der Waals surface area contributed by atoms with Crippen LogP contribution < -0.4 is 0 Å². The maximum atomic E-state index is 2.61. The molecule has 116 valence electrons. The molecule has 0 aromatic carbocycles. The minimum absolute atomic E-state index is 1.10. The first kappa shape index (κ1) is 19.8. The standard InChI is InChI=1S/2C5H11.2C4H9.Sn/c2*1-3-5-4-2;2*1-3-4-2;/h2*1,3-5H2,2H3;2*3H,4H2,1-2H3;. The van der Waals surface area contributed by atoms with Gasteiger partial charge in [-0.05, 0) is 0 Å². The van der Waals surface area contributed by atoms with E-state index >= 15 is 0 Å². The Labute approximate surface area is 128 Å². The minimum atomic E-state index is -1.94. The molecule has 0 aliphatic heterocycles. The zero-order chi connectivity index (χ0) is 14.7. The van der Waals surface area contributed by atoms with Crippen molar-refractivity contribution in [3.8, 4) is 0 Å². The van der Waals surface area contributed by atoms with E-state index in [4.69, 9.17) is 0 Å². The molecule has 0 nitrogen and oxygen atoms in total. The van der Waals surface area contributed by atoms with E-state index in [-0.39, 0.29) is 0 Å². The summed E-state index contributed by atoms with van der Waals surface area (Å²) in [5.41, 5.74) is 0. The molecule has 0 aliphatic rings. The van der Waals surface area contributed by atoms with Gasteiger partial charge in [0, 0.05) is 0 Å². The van der Waals surface area contributed by atoms with Gasteiger partial charge in [0.2, 0.25) is 0 Å². The van der Waals surface area contributed by atoms with Crippen LogP contribution in [0, 0.1) is 0 Å². The van der Waals surface area contributed by atoms with Crippen LogP contribution in [-0.4, -0.2) is 18.4 Å². The van der Waals surface area contributed by atoms with Gasteiger partial charge in [0.15, 0.2) is 0 Å². The van der Waals surface area contributed by atoms with Crippen LogP contribution in [0.2, 0.25) is 16.7 Å². The molecule has 0 fully saturated rings. The zero-order valence-electron chi connectivity index (χ0n) is 14.7. The van der Waals surface area contributed by atoms with Gasteiger partial charge in [-0.3, -0.25) is 0 Å². The van der Waals surface area contributed by atoms with Crippen molar-refractivity contribution >= 4 is 18.4 Å². The SMILES string of the molecule is CCCC[CH2][Sn]([CH2]CCCC)([CH](C)CC)[CH](C)CC. The molecule has 0 saturated carbocycles. The van der Waals surface area contributed by atoms with Gasteiger partial charge in [0.1, 0.15) is 0 Å². The van der Waals surface area contributed by atoms with Crippen LogP contribution in [0.5, 0.6) is 0 Å². The van der Waals surface area contributed by atoms with E-state index < -0.39 is 18.4 Å². The first-order valence-electron chi connectivity index (χ1n) is 9.08. The molecule has 2 atom stereocenters. The topological polar surface area (TPSA) is 0 Å². The van der Waals surface area contributed by atoms with Gasteiger partial charge in [-0.25, -0.2) is 0 Å². The molecule has 0 aromatic rings. The van der Waals surface area contributed by atoms with Gasteiger partial charge in [0.25, 0.3) is 0 Å². The Morgan fingerprint density at radius 3 is 1.26 bits per heavy atom. The average molecular weight is 375 g/mol. The van der Waals surface area contributed by atoms with Crippen LogP contribution >= 0.6 is 0 Å². The van der Waals surface area contributed by atoms with Crippen LogP contribution in [0.4, 0.5) is 0 Å². The third-order valence-corrected chi connectivity index (χ3v) is 26.5. The van der Waals surface area contributed by atoms with Crippen molar-refractivity contribution in [2.45, 2.75) is 110 Å². The van der Waals surface area contributed by atoms with E-state index in [2.05, 4.69) is 41.5 Å². The molecule has 0 saturated heterocycles. The molecule has 19 heavy (non-hydrogen) atoms. The van der Waals surface area contributed by atoms with Crippen LogP contribution in [-0.2, 0) is 0 Å². The van der Waals surface area contributed by atoms with Crippen LogP contribution in [0.15, 0.2) is 0 Å². The molecule has 0 aromatic heterocycles. The molecule has 0 radical (unpaired) electrons. The van der Waals surface area contributed by atoms with E-state index in [1.165, 1.54) is 51.4 Å². The van der Waals surface area contributed by atoms with Crippen molar-refractivity contribution in [1.82, 2.24) is 0 Å². The molecule has 0 heterocycles. The monoisotopic (exact) mass is 376 g/mol. The molecular formula is C18H40Sn. The Morgan fingerprint density at radius 1 is 0.632 bits per heavy atom. The number of hydrogen-bond acceptors (Lipinski definition) is 0. The van der Waals surface area contributed by atoms with Gasteiger partial charge < -0.3 is 0 Å². The molecule has 1 heteroatoms. The van der Waals surface area contributed by atoms with Crippen molar-refractivity contribution in [3.63, 3.8) is 0 Å². The molecule has 0 spiro atoms. The summed E-state index contributed by atoms with van der Waals surface area (Å²) in [7, 11) is 0. The molecule has 2 unspecified atom stereocenters. The van der Waals surface area contributed by atoms with Gasteiger partial charge >= 0.3 is 128 Å². The Hall–Kier alpha value is 0.799. The summed E-state index contributed by atoms with van der Waals surface area (Å²) in [6, 6.07) is 0. The summed E-state index contributed by atoms with van der Waals surface area (Å²) in [6.07, 6.45) is 11.7. The Bertz CT molecular complexity index is 178. The Balaban J connectivity index is 4.85. The fourth-order valence-corrected chi connectivity index (χ4v) is 22.8. The Kier molecular flexibility index (Phi) is 11.9. The van der Waals surface area contributed by atoms with Gasteiger partial charge in [-0.2, -0.15) is 0 Å². The predicted octanol–water partition coefficient (Wildman–Crippen LogP) is 7.42. The summed E-state index contributed by atoms with van der Waals surface area (Å²) in [5, 5.41) is 0. The van der Waals surface area contributed by atoms with Crippen molar-refractivity contribution in [2.24, 2.45) is 0 Å². The van der Waals surface area contributed by atoms with E-state index in [9.17, 15) is 0 Å².